The molecule has 0 heterocycles. The first-order valence-corrected chi connectivity index (χ1v) is 5.14. The molecule has 0 aliphatic rings. The predicted molar refractivity (Wildman–Crippen MR) is 24.2 cm³/mol. The molecule has 0 radical (unpaired) electrons. The van der Waals surface area contributed by atoms with Gasteiger partial charge in [-0.15, -0.1) is 0 Å². The Morgan fingerprint density at radius 3 is 2.23 bits per heavy atom. The van der Waals surface area contributed by atoms with Gasteiger partial charge in [0.05, 0.1) is 0 Å². The van der Waals surface area contributed by atoms with Crippen molar-refractivity contribution in [2.24, 2.45) is 0 Å². The summed E-state index contributed by atoms with van der Waals surface area (Å²) in [6.07, 6.45) is -2.37. The first-order chi connectivity index (χ1) is 6.11. The Morgan fingerprint density at radius 1 is 1.23 bits per heavy atom. The number of carbonyl (C=O) groups is 2. The van der Waals surface area contributed by atoms with Gasteiger partial charge in [-0.3, -0.25) is 0 Å². The fraction of sp³-hybridized carbons (Fsp3) is 0.500. The molecule has 72 valence electrons. The molecule has 1 N–H and O–H groups in total. The van der Waals surface area contributed by atoms with E-state index >= 15 is 0 Å². The standard InChI is InChI=1S/C4H6O5.2O.2V/c5-2(4(8)9)1-3(6)7;;;;/h2,5H,1H2,(H,6,7)(H,8,9);;;;/q;;;2*+1/p-2. The van der Waals surface area contributed by atoms with Crippen molar-refractivity contribution in [1.82, 2.24) is 0 Å². The van der Waals surface area contributed by atoms with Crippen LogP contribution in [0.15, 0.2) is 0 Å². The zero-order valence-electron chi connectivity index (χ0n) is 6.08. The summed E-state index contributed by atoms with van der Waals surface area (Å²) in [6, 6.07) is 0. The molecule has 0 aromatic carbocycles. The van der Waals surface area contributed by atoms with Gasteiger partial charge in [0.2, 0.25) is 0 Å². The Hall–Kier alpha value is -0.331. The summed E-state index contributed by atoms with van der Waals surface area (Å²) >= 11 is -3.63. The summed E-state index contributed by atoms with van der Waals surface area (Å²) in [5.41, 5.74) is 0. The first-order valence-electron chi connectivity index (χ1n) is 2.86. The van der Waals surface area contributed by atoms with Gasteiger partial charge in [0.25, 0.3) is 0 Å². The molecule has 0 amide bonds. The number of aliphatic hydroxyl groups is 1. The van der Waals surface area contributed by atoms with Crippen molar-refractivity contribution in [1.29, 1.82) is 0 Å². The Balaban J connectivity index is 3.90. The Labute approximate surface area is 87.1 Å². The second-order valence-corrected chi connectivity index (χ2v) is 2.78. The van der Waals surface area contributed by atoms with E-state index in [9.17, 15) is 16.9 Å². The summed E-state index contributed by atoms with van der Waals surface area (Å²) in [5.74, 6) is -2.13. The van der Waals surface area contributed by atoms with Crippen LogP contribution in [-0.2, 0) is 57.4 Å². The van der Waals surface area contributed by atoms with Crippen molar-refractivity contribution in [3.05, 3.63) is 0 Å². The molecule has 0 fully saturated rings. The molecule has 0 saturated carbocycles. The van der Waals surface area contributed by atoms with Crippen LogP contribution in [-0.4, -0.2) is 23.1 Å². The molecule has 0 aromatic rings. The van der Waals surface area contributed by atoms with Crippen molar-refractivity contribution < 1.29 is 62.5 Å². The zero-order chi connectivity index (χ0) is 10.3. The number of hydrogen-bond acceptors (Lipinski definition) is 7. The van der Waals surface area contributed by atoms with Gasteiger partial charge in [0, 0.05) is 0 Å². The molecule has 0 saturated heterocycles. The Bertz CT molecular complexity index is 227. The number of carbonyl (C=O) groups excluding carboxylic acids is 2. The maximum absolute atomic E-state index is 10.6. The van der Waals surface area contributed by atoms with Crippen molar-refractivity contribution in [2.75, 3.05) is 0 Å². The van der Waals surface area contributed by atoms with E-state index in [1.807, 2.05) is 0 Å². The van der Waals surface area contributed by atoms with Gasteiger partial charge in [0.1, 0.15) is 0 Å². The van der Waals surface area contributed by atoms with E-state index in [-0.39, 0.29) is 0 Å². The van der Waals surface area contributed by atoms with Gasteiger partial charge in [-0.25, -0.2) is 0 Å². The van der Waals surface area contributed by atoms with Crippen molar-refractivity contribution >= 4 is 11.9 Å². The maximum atomic E-state index is 10.6. The molecule has 0 aliphatic carbocycles. The van der Waals surface area contributed by atoms with E-state index in [4.69, 9.17) is 5.11 Å². The van der Waals surface area contributed by atoms with Crippen LogP contribution in [0.1, 0.15) is 6.42 Å². The van der Waals surface area contributed by atoms with E-state index in [0.717, 1.165) is 0 Å². The first kappa shape index (κ1) is 12.7. The second kappa shape index (κ2) is 7.11. The molecule has 0 aliphatic heterocycles. The van der Waals surface area contributed by atoms with Crippen LogP contribution in [0, 0.1) is 0 Å². The van der Waals surface area contributed by atoms with Crippen LogP contribution in [0.3, 0.4) is 0 Å². The van der Waals surface area contributed by atoms with Gasteiger partial charge in [-0.05, 0) is 0 Å². The van der Waals surface area contributed by atoms with Gasteiger partial charge in [-0.1, -0.05) is 0 Å². The van der Waals surface area contributed by atoms with Crippen LogP contribution >= 0.6 is 0 Å². The Morgan fingerprint density at radius 2 is 1.77 bits per heavy atom. The summed E-state index contributed by atoms with van der Waals surface area (Å²) in [4.78, 5) is 21.1. The molecule has 0 aromatic heterocycles. The SMILES string of the molecule is [O]=[V][O]C(=O)CC(O)C(=O)[O][V]=[O]. The summed E-state index contributed by atoms with van der Waals surface area (Å²) in [5, 5.41) is 8.85. The molecule has 13 heavy (non-hydrogen) atoms. The van der Waals surface area contributed by atoms with Crippen LogP contribution in [0.5, 0.6) is 0 Å². The molecule has 0 spiro atoms. The van der Waals surface area contributed by atoms with Crippen molar-refractivity contribution in [2.45, 2.75) is 12.5 Å². The van der Waals surface area contributed by atoms with E-state index < -0.39 is 57.6 Å². The average molecular weight is 266 g/mol. The third-order valence-corrected chi connectivity index (χ3v) is 1.73. The molecule has 1 unspecified atom stereocenters. The monoisotopic (exact) mass is 266 g/mol. The third-order valence-electron chi connectivity index (χ3n) is 0.898. The fourth-order valence-electron chi connectivity index (χ4n) is 0.418. The molecule has 7 nitrogen and oxygen atoms in total. The molecule has 0 bridgehead atoms. The predicted octanol–water partition coefficient (Wildman–Crippen LogP) is -1.49. The molecular formula is C4H4O7V2. The number of aliphatic hydroxyl groups excluding tert-OH is 1. The summed E-state index contributed by atoms with van der Waals surface area (Å²) in [6.45, 7) is 0. The molecular weight excluding hydrogens is 262 g/mol. The van der Waals surface area contributed by atoms with Gasteiger partial charge >= 0.3 is 87.0 Å². The van der Waals surface area contributed by atoms with E-state index in [2.05, 4.69) is 7.32 Å². The normalized spacial score (nSPS) is 11.2. The molecule has 1 atom stereocenters. The van der Waals surface area contributed by atoms with Crippen molar-refractivity contribution in [3.8, 4) is 0 Å². The van der Waals surface area contributed by atoms with E-state index in [0.29, 0.717) is 0 Å². The average Bonchev–Trinajstić information content (AvgIpc) is 2.05. The summed E-state index contributed by atoms with van der Waals surface area (Å²) < 4.78 is 27.6. The third kappa shape index (κ3) is 5.84. The topological polar surface area (TPSA) is 107 Å². The van der Waals surface area contributed by atoms with Gasteiger partial charge in [-0.2, -0.15) is 0 Å². The quantitative estimate of drug-likeness (QED) is 0.645. The van der Waals surface area contributed by atoms with Gasteiger partial charge in [0.15, 0.2) is 0 Å². The van der Waals surface area contributed by atoms with Crippen LogP contribution in [0.4, 0.5) is 0 Å². The second-order valence-electron chi connectivity index (χ2n) is 1.74. The van der Waals surface area contributed by atoms with E-state index in [1.165, 1.54) is 0 Å². The van der Waals surface area contributed by atoms with Gasteiger partial charge < -0.3 is 0 Å². The number of hydrogen-bond donors (Lipinski definition) is 1. The van der Waals surface area contributed by atoms with Crippen LogP contribution in [0.2, 0.25) is 0 Å². The number of rotatable bonds is 5. The Kier molecular flexibility index (Phi) is 6.93. The minimum atomic E-state index is -1.84. The van der Waals surface area contributed by atoms with Crippen LogP contribution < -0.4 is 0 Å². The minimum absolute atomic E-state index is 0.655. The summed E-state index contributed by atoms with van der Waals surface area (Å²) in [7, 11) is 0. The zero-order valence-corrected chi connectivity index (χ0v) is 8.87. The van der Waals surface area contributed by atoms with Crippen LogP contribution in [0.25, 0.3) is 0 Å². The molecule has 0 rings (SSSR count). The fourth-order valence-corrected chi connectivity index (χ4v) is 0.969. The molecule has 9 heteroatoms. The van der Waals surface area contributed by atoms with E-state index in [1.54, 1.807) is 0 Å². The van der Waals surface area contributed by atoms with Crippen molar-refractivity contribution in [3.63, 3.8) is 0 Å².